The van der Waals surface area contributed by atoms with Crippen molar-refractivity contribution in [3.05, 3.63) is 75.9 Å². The normalized spacial score (nSPS) is 27.2. The zero-order chi connectivity index (χ0) is 25.5. The van der Waals surface area contributed by atoms with Gasteiger partial charge in [-0.25, -0.2) is 15.0 Å². The van der Waals surface area contributed by atoms with Crippen LogP contribution in [0.1, 0.15) is 44.8 Å². The predicted octanol–water partition coefficient (Wildman–Crippen LogP) is 3.22. The highest BCUT2D eigenvalue weighted by Crippen LogP contribution is 2.36. The molecule has 4 atom stereocenters. The van der Waals surface area contributed by atoms with Gasteiger partial charge in [-0.3, -0.25) is 4.57 Å². The van der Waals surface area contributed by atoms with E-state index in [1.165, 1.54) is 18.2 Å². The van der Waals surface area contributed by atoms with Crippen LogP contribution >= 0.6 is 0 Å². The van der Waals surface area contributed by atoms with E-state index >= 15 is 0 Å². The van der Waals surface area contributed by atoms with Crippen molar-refractivity contribution in [1.82, 2.24) is 19.5 Å². The predicted molar refractivity (Wildman–Crippen MR) is 139 cm³/mol. The fourth-order valence-electron chi connectivity index (χ4n) is 4.98. The van der Waals surface area contributed by atoms with Crippen LogP contribution < -0.4 is 5.73 Å². The molecule has 1 saturated heterocycles. The monoisotopic (exact) mass is 505 g/mol. The van der Waals surface area contributed by atoms with Crippen LogP contribution in [0.25, 0.3) is 11.2 Å². The average molecular weight is 506 g/mol. The molecule has 1 aliphatic heterocycles. The second-order valence-corrected chi connectivity index (χ2v) is 9.50. The summed E-state index contributed by atoms with van der Waals surface area (Å²) in [6.45, 7) is 0.952. The summed E-state index contributed by atoms with van der Waals surface area (Å²) in [7, 11) is 0. The highest BCUT2D eigenvalue weighted by Gasteiger charge is 2.47. The summed E-state index contributed by atoms with van der Waals surface area (Å²) in [5.41, 5.74) is 7.08. The van der Waals surface area contributed by atoms with Gasteiger partial charge in [0.25, 0.3) is 0 Å². The van der Waals surface area contributed by atoms with E-state index in [1.54, 1.807) is 6.33 Å². The van der Waals surface area contributed by atoms with Crippen LogP contribution in [0.3, 0.4) is 0 Å². The Kier molecular flexibility index (Phi) is 9.64. The van der Waals surface area contributed by atoms with Crippen molar-refractivity contribution < 1.29 is 19.3 Å². The summed E-state index contributed by atoms with van der Waals surface area (Å²) < 4.78 is 20.8. The van der Waals surface area contributed by atoms with Gasteiger partial charge < -0.3 is 25.1 Å². The second-order valence-electron chi connectivity index (χ2n) is 9.50. The lowest BCUT2D eigenvalue weighted by Gasteiger charge is -2.25. The van der Waals surface area contributed by atoms with Crippen LogP contribution in [0.15, 0.2) is 12.7 Å². The molecule has 2 aromatic rings. The number of anilines is 1. The van der Waals surface area contributed by atoms with E-state index in [-0.39, 0.29) is 6.61 Å². The third-order valence-electron chi connectivity index (χ3n) is 6.93. The third kappa shape index (κ3) is 6.61. The van der Waals surface area contributed by atoms with E-state index < -0.39 is 24.5 Å². The average Bonchev–Trinajstić information content (AvgIpc) is 3.71. The quantitative estimate of drug-likeness (QED) is 0.376. The van der Waals surface area contributed by atoms with Gasteiger partial charge in [0.05, 0.1) is 12.9 Å². The summed E-state index contributed by atoms with van der Waals surface area (Å²) >= 11 is 0. The van der Waals surface area contributed by atoms with Gasteiger partial charge in [-0.05, 0) is 88.9 Å². The maximum atomic E-state index is 10.1. The van der Waals surface area contributed by atoms with Crippen LogP contribution in [0.2, 0.25) is 0 Å². The molecule has 37 heavy (non-hydrogen) atoms. The van der Waals surface area contributed by atoms with Crippen molar-refractivity contribution in [3.8, 4) is 0 Å². The number of rotatable bonds is 14. The second kappa shape index (κ2) is 13.3. The lowest BCUT2D eigenvalue weighted by Crippen LogP contribution is -2.38. The fraction of sp³-hybridized carbons (Fsp3) is 0.464. The molecular weight excluding hydrogens is 470 g/mol. The third-order valence-corrected chi connectivity index (χ3v) is 6.93. The molecule has 0 aromatic carbocycles. The Morgan fingerprint density at radius 1 is 0.838 bits per heavy atom. The minimum atomic E-state index is -0.555. The highest BCUT2D eigenvalue weighted by molar-refractivity contribution is 5.81. The number of hydrogen-bond donors (Lipinski definition) is 2. The molecule has 2 aliphatic carbocycles. The van der Waals surface area contributed by atoms with Gasteiger partial charge in [0.2, 0.25) is 0 Å². The number of aromatic nitrogens is 4. The lowest BCUT2D eigenvalue weighted by molar-refractivity contribution is -0.0800. The number of ether oxygens (including phenoxy) is 3. The first kappa shape index (κ1) is 26.8. The number of imidazole rings is 1. The summed E-state index contributed by atoms with van der Waals surface area (Å²) in [4.78, 5) is 12.8. The van der Waals surface area contributed by atoms with Crippen molar-refractivity contribution >= 4 is 17.0 Å². The van der Waals surface area contributed by atoms with Crippen LogP contribution in [0.5, 0.6) is 0 Å². The maximum Gasteiger partial charge on any atom is 0.167 e. The topological polar surface area (TPSA) is 118 Å². The number of nitrogens with two attached hydrogens (primary N) is 1. The summed E-state index contributed by atoms with van der Waals surface area (Å²) in [6.07, 6.45) is 23.9. The highest BCUT2D eigenvalue weighted by atomic mass is 16.6. The number of aliphatic hydroxyl groups is 1. The van der Waals surface area contributed by atoms with E-state index in [2.05, 4.69) is 66.3 Å². The Morgan fingerprint density at radius 2 is 1.46 bits per heavy atom. The number of nitrogen functional groups attached to an aromatic ring is 1. The van der Waals surface area contributed by atoms with Crippen molar-refractivity contribution in [1.29, 1.82) is 0 Å². The minimum absolute atomic E-state index is 0.171. The molecule has 0 spiro atoms. The van der Waals surface area contributed by atoms with Crippen LogP contribution in [0, 0.1) is 63.2 Å². The van der Waals surface area contributed by atoms with Gasteiger partial charge in [-0.2, -0.15) is 0 Å². The van der Waals surface area contributed by atoms with Gasteiger partial charge >= 0.3 is 0 Å². The molecule has 10 radical (unpaired) electrons. The zero-order valence-corrected chi connectivity index (χ0v) is 21.0. The first-order valence-corrected chi connectivity index (χ1v) is 13.1. The van der Waals surface area contributed by atoms with E-state index in [4.69, 9.17) is 19.9 Å². The van der Waals surface area contributed by atoms with Gasteiger partial charge in [0.1, 0.15) is 30.2 Å². The smallest absolute Gasteiger partial charge is 0.167 e. The largest absolute Gasteiger partial charge is 0.394 e. The molecule has 3 aliphatic rings. The van der Waals surface area contributed by atoms with Gasteiger partial charge in [0.15, 0.2) is 17.7 Å². The molecule has 196 valence electrons. The van der Waals surface area contributed by atoms with Crippen molar-refractivity contribution in [2.75, 3.05) is 25.6 Å². The molecule has 3 fully saturated rings. The number of nitrogens with zero attached hydrogens (tertiary/aromatic N) is 4. The standard InChI is InChI=1S/C28H35N5O4/c29-26-23-27(31-18-30-26)33(19-32-23)28-25(36-16-8-6-14-21-11-3-4-12-21)24(22(17-34)37-28)35-15-7-5-13-20-9-1-2-10-20/h1-4,9-12,18-19,22,24-25,28,34H,5-8,13-17H2,(H2,29,30,31)/t22-,24-,25-,28-/m1/s1. The SMILES string of the molecule is Nc1ncnc2c1ncn2[C@@H]1O[C@H](CO)[C@@H](OCCCC[C]2[CH][CH][CH][CH]2)[C@H]1OCCCC[C]1[CH][CH][CH][CH]1. The van der Waals surface area contributed by atoms with E-state index in [0.29, 0.717) is 30.2 Å². The number of unbranched alkanes of at least 4 members (excludes halogenated alkanes) is 2. The maximum absolute atomic E-state index is 10.1. The van der Waals surface area contributed by atoms with Crippen LogP contribution in [-0.2, 0) is 14.2 Å². The number of aliphatic hydroxyl groups excluding tert-OH is 1. The number of hydrogen-bond acceptors (Lipinski definition) is 8. The Hall–Kier alpha value is -1.81. The first-order chi connectivity index (χ1) is 18.2. The summed E-state index contributed by atoms with van der Waals surface area (Å²) in [5, 5.41) is 10.1. The Morgan fingerprint density at radius 3 is 2.08 bits per heavy atom. The Labute approximate surface area is 220 Å². The van der Waals surface area contributed by atoms with E-state index in [1.807, 2.05) is 4.57 Å². The zero-order valence-electron chi connectivity index (χ0n) is 21.0. The van der Waals surface area contributed by atoms with Gasteiger partial charge in [0, 0.05) is 13.2 Å². The first-order valence-electron chi connectivity index (χ1n) is 13.1. The van der Waals surface area contributed by atoms with Gasteiger partial charge in [-0.1, -0.05) is 12.8 Å². The fourth-order valence-corrected chi connectivity index (χ4v) is 4.98. The van der Waals surface area contributed by atoms with Crippen molar-refractivity contribution in [2.45, 2.75) is 63.1 Å². The van der Waals surface area contributed by atoms with Crippen molar-refractivity contribution in [2.24, 2.45) is 0 Å². The summed E-state index contributed by atoms with van der Waals surface area (Å²) in [5.74, 6) is 2.99. The molecule has 0 bridgehead atoms. The summed E-state index contributed by atoms with van der Waals surface area (Å²) in [6, 6.07) is 0. The Bertz CT molecular complexity index is 959. The molecule has 3 heterocycles. The molecule has 0 unspecified atom stereocenters. The molecule has 5 rings (SSSR count). The van der Waals surface area contributed by atoms with Gasteiger partial charge in [-0.15, -0.1) is 0 Å². The van der Waals surface area contributed by atoms with Crippen molar-refractivity contribution in [3.63, 3.8) is 0 Å². The molecular formula is C28H35N5O4. The van der Waals surface area contributed by atoms with Crippen LogP contribution in [-0.4, -0.2) is 62.8 Å². The molecule has 2 aromatic heterocycles. The lowest BCUT2D eigenvalue weighted by atomic mass is 10.0. The minimum Gasteiger partial charge on any atom is -0.394 e. The molecule has 9 heteroatoms. The molecule has 0 amide bonds. The van der Waals surface area contributed by atoms with Crippen LogP contribution in [0.4, 0.5) is 5.82 Å². The molecule has 9 nitrogen and oxygen atoms in total. The Balaban J connectivity index is 1.22. The van der Waals surface area contributed by atoms with E-state index in [0.717, 1.165) is 38.5 Å². The molecule has 2 saturated carbocycles. The molecule has 3 N–H and O–H groups in total. The van der Waals surface area contributed by atoms with E-state index in [9.17, 15) is 5.11 Å². The number of fused-ring (bicyclic) bond motifs is 1.